The number of carbonyl (C=O) groups excluding carboxylic acids is 1. The van der Waals surface area contributed by atoms with Crippen LogP contribution >= 0.6 is 0 Å². The molecule has 1 aliphatic heterocycles. The van der Waals surface area contributed by atoms with Crippen molar-refractivity contribution in [2.24, 2.45) is 5.10 Å². The largest absolute Gasteiger partial charge is 0.459 e. The number of aromatic nitrogens is 1. The first-order chi connectivity index (χ1) is 9.61. The average Bonchev–Trinajstić information content (AvgIpc) is 3.08. The molecular weight excluding hydrogens is 258 g/mol. The van der Waals surface area contributed by atoms with Crippen molar-refractivity contribution >= 4 is 11.6 Å². The van der Waals surface area contributed by atoms with E-state index in [1.807, 2.05) is 0 Å². The van der Waals surface area contributed by atoms with Crippen LogP contribution in [0.25, 0.3) is 0 Å². The normalized spacial score (nSPS) is 21.9. The Kier molecular flexibility index (Phi) is 2.87. The number of hydrogen-bond acceptors (Lipinski definition) is 5. The molecule has 0 radical (unpaired) electrons. The number of rotatable bonds is 2. The van der Waals surface area contributed by atoms with Gasteiger partial charge in [0.2, 0.25) is 0 Å². The zero-order valence-corrected chi connectivity index (χ0v) is 10.9. The van der Waals surface area contributed by atoms with E-state index in [2.05, 4.69) is 10.1 Å². The van der Waals surface area contributed by atoms with E-state index < -0.39 is 11.6 Å². The summed E-state index contributed by atoms with van der Waals surface area (Å²) in [5.41, 5.74) is -0.270. The summed E-state index contributed by atoms with van der Waals surface area (Å²) in [5.74, 6) is -0.345. The summed E-state index contributed by atoms with van der Waals surface area (Å²) in [5, 5.41) is 16.1. The van der Waals surface area contributed by atoms with Crippen LogP contribution in [-0.2, 0) is 5.72 Å². The summed E-state index contributed by atoms with van der Waals surface area (Å²) in [4.78, 5) is 16.3. The Hall–Kier alpha value is -2.47. The summed E-state index contributed by atoms with van der Waals surface area (Å²) < 4.78 is 5.09. The van der Waals surface area contributed by atoms with Gasteiger partial charge in [0.25, 0.3) is 0 Å². The van der Waals surface area contributed by atoms with Gasteiger partial charge in [-0.1, -0.05) is 0 Å². The molecule has 3 rings (SSSR count). The highest BCUT2D eigenvalue weighted by Gasteiger charge is 2.45. The fourth-order valence-electron chi connectivity index (χ4n) is 2.28. The minimum Gasteiger partial charge on any atom is -0.459 e. The maximum absolute atomic E-state index is 12.4. The lowest BCUT2D eigenvalue weighted by atomic mass is 9.99. The van der Waals surface area contributed by atoms with Crippen LogP contribution in [0.2, 0.25) is 0 Å². The lowest BCUT2D eigenvalue weighted by Crippen LogP contribution is -2.43. The zero-order chi connectivity index (χ0) is 14.2. The molecule has 0 saturated carbocycles. The quantitative estimate of drug-likeness (QED) is 0.902. The summed E-state index contributed by atoms with van der Waals surface area (Å²) in [6, 6.07) is 6.48. The SMILES string of the molecule is CC1=NN(C(=O)c2ccco2)[C@](O)(c2ccncc2)C1. The molecule has 1 aliphatic rings. The van der Waals surface area contributed by atoms with Crippen LogP contribution in [0.15, 0.2) is 52.4 Å². The van der Waals surface area contributed by atoms with Crippen molar-refractivity contribution in [2.75, 3.05) is 0 Å². The van der Waals surface area contributed by atoms with Crippen LogP contribution in [0.3, 0.4) is 0 Å². The second kappa shape index (κ2) is 4.57. The van der Waals surface area contributed by atoms with Gasteiger partial charge in [-0.25, -0.2) is 0 Å². The number of furan rings is 1. The molecule has 0 fully saturated rings. The second-order valence-corrected chi connectivity index (χ2v) is 4.66. The lowest BCUT2D eigenvalue weighted by molar-refractivity contribution is -0.0776. The zero-order valence-electron chi connectivity index (χ0n) is 10.9. The van der Waals surface area contributed by atoms with Gasteiger partial charge in [0.05, 0.1) is 6.26 Å². The first kappa shape index (κ1) is 12.6. The van der Waals surface area contributed by atoms with E-state index >= 15 is 0 Å². The van der Waals surface area contributed by atoms with Crippen molar-refractivity contribution in [1.82, 2.24) is 9.99 Å². The highest BCUT2D eigenvalue weighted by molar-refractivity contribution is 5.95. The van der Waals surface area contributed by atoms with Gasteiger partial charge in [0, 0.05) is 30.1 Å². The molecule has 0 unspecified atom stereocenters. The Morgan fingerprint density at radius 1 is 1.40 bits per heavy atom. The van der Waals surface area contributed by atoms with E-state index in [4.69, 9.17) is 4.42 Å². The molecule has 102 valence electrons. The van der Waals surface area contributed by atoms with Gasteiger partial charge in [-0.05, 0) is 31.2 Å². The molecule has 0 aliphatic carbocycles. The van der Waals surface area contributed by atoms with E-state index in [1.165, 1.54) is 6.26 Å². The number of hydrogen-bond donors (Lipinski definition) is 1. The van der Waals surface area contributed by atoms with Crippen molar-refractivity contribution in [1.29, 1.82) is 0 Å². The molecule has 1 N–H and O–H groups in total. The summed E-state index contributed by atoms with van der Waals surface area (Å²) in [7, 11) is 0. The smallest absolute Gasteiger partial charge is 0.312 e. The van der Waals surface area contributed by atoms with Crippen molar-refractivity contribution in [3.63, 3.8) is 0 Å². The minimum absolute atomic E-state index is 0.135. The predicted octanol–water partition coefficient (Wildman–Crippen LogP) is 1.74. The maximum atomic E-state index is 12.4. The number of nitrogens with zero attached hydrogens (tertiary/aromatic N) is 3. The van der Waals surface area contributed by atoms with Gasteiger partial charge >= 0.3 is 5.91 Å². The number of aliphatic hydroxyl groups is 1. The standard InChI is InChI=1S/C14H13N3O3/c1-10-9-14(19,11-4-6-15-7-5-11)17(16-10)13(18)12-3-2-8-20-12/h2-8,19H,9H2,1H3/t14-/m1/s1. The Bertz CT molecular complexity index is 652. The van der Waals surface area contributed by atoms with Gasteiger partial charge in [0.15, 0.2) is 11.5 Å². The van der Waals surface area contributed by atoms with Crippen LogP contribution < -0.4 is 0 Å². The van der Waals surface area contributed by atoms with E-state index in [1.54, 1.807) is 43.6 Å². The lowest BCUT2D eigenvalue weighted by Gasteiger charge is -2.30. The highest BCUT2D eigenvalue weighted by Crippen LogP contribution is 2.35. The van der Waals surface area contributed by atoms with Crippen molar-refractivity contribution < 1.29 is 14.3 Å². The molecule has 0 spiro atoms. The third-order valence-electron chi connectivity index (χ3n) is 3.19. The van der Waals surface area contributed by atoms with Gasteiger partial charge in [-0.2, -0.15) is 10.1 Å². The Morgan fingerprint density at radius 3 is 2.80 bits per heavy atom. The first-order valence-corrected chi connectivity index (χ1v) is 6.16. The van der Waals surface area contributed by atoms with Crippen molar-refractivity contribution in [2.45, 2.75) is 19.1 Å². The fraction of sp³-hybridized carbons (Fsp3) is 0.214. The van der Waals surface area contributed by atoms with E-state index in [9.17, 15) is 9.90 Å². The molecule has 6 heteroatoms. The van der Waals surface area contributed by atoms with Crippen molar-refractivity contribution in [3.05, 3.63) is 54.2 Å². The molecule has 2 aromatic heterocycles. The average molecular weight is 271 g/mol. The van der Waals surface area contributed by atoms with Gasteiger partial charge < -0.3 is 9.52 Å². The number of hydrazone groups is 1. The summed E-state index contributed by atoms with van der Waals surface area (Å²) in [6.07, 6.45) is 4.79. The van der Waals surface area contributed by atoms with Gasteiger partial charge in [-0.3, -0.25) is 9.78 Å². The molecule has 1 atom stereocenters. The third-order valence-corrected chi connectivity index (χ3v) is 3.19. The van der Waals surface area contributed by atoms with Gasteiger partial charge in [-0.15, -0.1) is 0 Å². The second-order valence-electron chi connectivity index (χ2n) is 4.66. The number of carbonyl (C=O) groups is 1. The van der Waals surface area contributed by atoms with E-state index in [0.717, 1.165) is 5.01 Å². The first-order valence-electron chi connectivity index (χ1n) is 6.16. The molecule has 2 aromatic rings. The molecule has 0 bridgehead atoms. The van der Waals surface area contributed by atoms with E-state index in [-0.39, 0.29) is 12.2 Å². The molecule has 0 aromatic carbocycles. The van der Waals surface area contributed by atoms with Crippen LogP contribution in [0.4, 0.5) is 0 Å². The molecule has 1 amide bonds. The fourth-order valence-corrected chi connectivity index (χ4v) is 2.28. The van der Waals surface area contributed by atoms with Crippen LogP contribution in [-0.4, -0.2) is 26.7 Å². The Labute approximate surface area is 115 Å². The molecule has 6 nitrogen and oxygen atoms in total. The molecule has 0 saturated heterocycles. The van der Waals surface area contributed by atoms with Gasteiger partial charge in [0.1, 0.15) is 0 Å². The van der Waals surface area contributed by atoms with E-state index in [0.29, 0.717) is 11.3 Å². The number of amides is 1. The van der Waals surface area contributed by atoms with Crippen LogP contribution in [0.5, 0.6) is 0 Å². The molecule has 3 heterocycles. The maximum Gasteiger partial charge on any atom is 0.312 e. The monoisotopic (exact) mass is 271 g/mol. The summed E-state index contributed by atoms with van der Waals surface area (Å²) >= 11 is 0. The number of pyridine rings is 1. The van der Waals surface area contributed by atoms with Crippen molar-refractivity contribution in [3.8, 4) is 0 Å². The van der Waals surface area contributed by atoms with Crippen LogP contribution in [0, 0.1) is 0 Å². The minimum atomic E-state index is -1.50. The Balaban J connectivity index is 2.02. The molecule has 20 heavy (non-hydrogen) atoms. The molecular formula is C14H13N3O3. The third kappa shape index (κ3) is 1.90. The topological polar surface area (TPSA) is 78.9 Å². The predicted molar refractivity (Wildman–Crippen MR) is 70.7 cm³/mol. The highest BCUT2D eigenvalue weighted by atomic mass is 16.4. The summed E-state index contributed by atoms with van der Waals surface area (Å²) in [6.45, 7) is 1.77. The Morgan fingerprint density at radius 2 is 2.15 bits per heavy atom. The van der Waals surface area contributed by atoms with Crippen LogP contribution in [0.1, 0.15) is 29.5 Å².